The Balaban J connectivity index is 2.36. The van der Waals surface area contributed by atoms with Crippen LogP contribution in [0.25, 0.3) is 0 Å². The van der Waals surface area contributed by atoms with Crippen molar-refractivity contribution in [3.63, 3.8) is 0 Å². The summed E-state index contributed by atoms with van der Waals surface area (Å²) in [5.74, 6) is -1.94. The minimum absolute atomic E-state index is 0.0335. The number of methoxy groups -OCH3 is 1. The molecule has 10 nitrogen and oxygen atoms in total. The second kappa shape index (κ2) is 14.6. The zero-order valence-corrected chi connectivity index (χ0v) is 25.6. The van der Waals surface area contributed by atoms with Crippen molar-refractivity contribution in [2.75, 3.05) is 7.11 Å². The molecule has 2 unspecified atom stereocenters. The summed E-state index contributed by atoms with van der Waals surface area (Å²) < 4.78 is 47.8. The molecule has 40 heavy (non-hydrogen) atoms. The largest absolute Gasteiger partial charge is 0.467 e. The van der Waals surface area contributed by atoms with Gasteiger partial charge in [-0.1, -0.05) is 48.5 Å². The number of para-hydroxylation sites is 1. The molecule has 0 saturated heterocycles. The average molecular weight is 596 g/mol. The molecular formula is C28H38NO9PS. The van der Waals surface area contributed by atoms with Gasteiger partial charge in [0.25, 0.3) is 0 Å². The molecule has 220 valence electrons. The quantitative estimate of drug-likeness (QED) is 0.178. The maximum Gasteiger partial charge on any atom is 0.408 e. The fourth-order valence-electron chi connectivity index (χ4n) is 3.33. The third kappa shape index (κ3) is 12.0. The molecule has 0 aromatic heterocycles. The van der Waals surface area contributed by atoms with Gasteiger partial charge in [-0.2, -0.15) is 0 Å². The molecule has 2 aromatic rings. The molecule has 2 aromatic carbocycles. The topological polar surface area (TPSA) is 119 Å². The molecule has 0 aliphatic heterocycles. The van der Waals surface area contributed by atoms with Crippen LogP contribution in [0.3, 0.4) is 0 Å². The Morgan fingerprint density at radius 2 is 1.43 bits per heavy atom. The highest BCUT2D eigenvalue weighted by molar-refractivity contribution is 7.79. The van der Waals surface area contributed by atoms with E-state index in [4.69, 9.17) is 40.2 Å². The Labute approximate surface area is 241 Å². The zero-order valence-electron chi connectivity index (χ0n) is 23.9. The molecule has 2 atom stereocenters. The van der Waals surface area contributed by atoms with Crippen LogP contribution in [0.4, 0.5) is 4.79 Å². The lowest BCUT2D eigenvalue weighted by atomic mass is 10.2. The molecular weight excluding hydrogens is 557 g/mol. The molecule has 0 spiro atoms. The number of hydrogen-bond donors (Lipinski definition) is 1. The van der Waals surface area contributed by atoms with Crippen molar-refractivity contribution in [2.45, 2.75) is 77.7 Å². The lowest BCUT2D eigenvalue weighted by molar-refractivity contribution is -0.143. The van der Waals surface area contributed by atoms with Crippen LogP contribution in [0.1, 0.15) is 53.5 Å². The van der Waals surface area contributed by atoms with E-state index in [9.17, 15) is 14.2 Å². The number of carbonyl (C=O) groups excluding carboxylic acids is 2. The smallest absolute Gasteiger partial charge is 0.408 e. The Bertz CT molecular complexity index is 1140. The number of thiocarbonyl (C=S) groups is 1. The van der Waals surface area contributed by atoms with Crippen LogP contribution < -0.4 is 10.1 Å². The van der Waals surface area contributed by atoms with E-state index in [2.05, 4.69) is 5.32 Å². The SMILES string of the molecule is COC(=O)C(CC(OC(=S)Oc1ccccc1)P(=O)(OC(C)(C)C)OC(C)(C)C)NC(=O)OCc1ccccc1. The Morgan fingerprint density at radius 1 is 0.900 bits per heavy atom. The predicted molar refractivity (Wildman–Crippen MR) is 154 cm³/mol. The second-order valence-corrected chi connectivity index (χ2v) is 13.1. The number of esters is 1. The maximum atomic E-state index is 14.4. The highest BCUT2D eigenvalue weighted by Gasteiger charge is 2.47. The van der Waals surface area contributed by atoms with E-state index in [1.165, 1.54) is 0 Å². The highest BCUT2D eigenvalue weighted by Crippen LogP contribution is 2.60. The molecule has 1 amide bonds. The van der Waals surface area contributed by atoms with E-state index >= 15 is 0 Å². The molecule has 0 fully saturated rings. The van der Waals surface area contributed by atoms with Gasteiger partial charge in [-0.3, -0.25) is 4.57 Å². The number of benzene rings is 2. The molecule has 0 bridgehead atoms. The third-order valence-corrected chi connectivity index (χ3v) is 7.57. The highest BCUT2D eigenvalue weighted by atomic mass is 32.1. The number of rotatable bonds is 11. The molecule has 12 heteroatoms. The van der Waals surface area contributed by atoms with Crippen LogP contribution in [0.2, 0.25) is 0 Å². The summed E-state index contributed by atoms with van der Waals surface area (Å²) in [6, 6.07) is 16.2. The first kappa shape index (κ1) is 33.2. The van der Waals surface area contributed by atoms with Crippen LogP contribution in [0.5, 0.6) is 5.75 Å². The van der Waals surface area contributed by atoms with Crippen molar-refractivity contribution in [3.8, 4) is 5.75 Å². The molecule has 0 heterocycles. The van der Waals surface area contributed by atoms with Crippen molar-refractivity contribution < 1.29 is 42.1 Å². The zero-order chi connectivity index (χ0) is 30.0. The number of nitrogens with one attached hydrogen (secondary N) is 1. The van der Waals surface area contributed by atoms with E-state index in [0.717, 1.165) is 12.7 Å². The van der Waals surface area contributed by atoms with Gasteiger partial charge in [0.1, 0.15) is 18.4 Å². The summed E-state index contributed by atoms with van der Waals surface area (Å²) in [4.78, 5) is 25.4. The molecule has 0 aliphatic carbocycles. The number of amides is 1. The van der Waals surface area contributed by atoms with Crippen LogP contribution >= 0.6 is 19.8 Å². The van der Waals surface area contributed by atoms with E-state index in [0.29, 0.717) is 5.75 Å². The lowest BCUT2D eigenvalue weighted by Gasteiger charge is -2.36. The van der Waals surface area contributed by atoms with Gasteiger partial charge in [0.2, 0.25) is 5.85 Å². The molecule has 2 rings (SSSR count). The minimum Gasteiger partial charge on any atom is -0.467 e. The average Bonchev–Trinajstić information content (AvgIpc) is 2.85. The Kier molecular flexibility index (Phi) is 12.1. The second-order valence-electron chi connectivity index (χ2n) is 10.7. The van der Waals surface area contributed by atoms with Crippen LogP contribution in [-0.2, 0) is 39.2 Å². The minimum atomic E-state index is -4.23. The van der Waals surface area contributed by atoms with Crippen LogP contribution in [-0.4, -0.2) is 47.5 Å². The molecule has 0 aliphatic rings. The summed E-state index contributed by atoms with van der Waals surface area (Å²) in [7, 11) is -3.08. The van der Waals surface area contributed by atoms with Crippen LogP contribution in [0.15, 0.2) is 60.7 Å². The lowest BCUT2D eigenvalue weighted by Crippen LogP contribution is -2.45. The third-order valence-electron chi connectivity index (χ3n) is 4.76. The van der Waals surface area contributed by atoms with Crippen molar-refractivity contribution >= 4 is 37.1 Å². The van der Waals surface area contributed by atoms with Gasteiger partial charge in [0, 0.05) is 18.6 Å². The van der Waals surface area contributed by atoms with Gasteiger partial charge in [-0.25, -0.2) is 9.59 Å². The summed E-state index contributed by atoms with van der Waals surface area (Å²) in [5, 5.41) is 2.07. The summed E-state index contributed by atoms with van der Waals surface area (Å²) >= 11 is 5.29. The van der Waals surface area contributed by atoms with Crippen LogP contribution in [0, 0.1) is 0 Å². The van der Waals surface area contributed by atoms with E-state index in [1.807, 2.05) is 6.07 Å². The van der Waals surface area contributed by atoms with Gasteiger partial charge in [0.15, 0.2) is 0 Å². The first-order chi connectivity index (χ1) is 18.6. The van der Waals surface area contributed by atoms with Crippen molar-refractivity contribution in [3.05, 3.63) is 66.2 Å². The van der Waals surface area contributed by atoms with Crippen molar-refractivity contribution in [1.29, 1.82) is 0 Å². The normalized spacial score (nSPS) is 13.5. The van der Waals surface area contributed by atoms with Gasteiger partial charge in [-0.05, 0) is 59.2 Å². The van der Waals surface area contributed by atoms with Crippen molar-refractivity contribution in [1.82, 2.24) is 5.32 Å². The van der Waals surface area contributed by atoms with Crippen molar-refractivity contribution in [2.24, 2.45) is 0 Å². The van der Waals surface area contributed by atoms with E-state index in [-0.39, 0.29) is 11.8 Å². The molecule has 0 saturated carbocycles. The Hall–Kier alpha value is -2.98. The summed E-state index contributed by atoms with van der Waals surface area (Å²) in [6.07, 6.45) is -1.31. The monoisotopic (exact) mass is 595 g/mol. The number of carbonyl (C=O) groups is 2. The molecule has 0 radical (unpaired) electrons. The molecule has 1 N–H and O–H groups in total. The van der Waals surface area contributed by atoms with Gasteiger partial charge < -0.3 is 33.3 Å². The number of alkyl carbamates (subject to hydrolysis) is 1. The summed E-state index contributed by atoms with van der Waals surface area (Å²) in [6.45, 7) is 10.1. The van der Waals surface area contributed by atoms with Gasteiger partial charge in [0.05, 0.1) is 18.3 Å². The first-order valence-electron chi connectivity index (χ1n) is 12.6. The standard InChI is InChI=1S/C28H38NO9PS/c1-27(2,3)37-39(32,38-28(4,5)6)23(36-26(40)35-21-16-12-9-13-17-21)18-22(24(30)33-7)29-25(31)34-19-20-14-10-8-11-15-20/h8-17,22-23H,18-19H2,1-7H3,(H,29,31). The number of ether oxygens (including phenoxy) is 4. The van der Waals surface area contributed by atoms with Gasteiger partial charge >= 0.3 is 24.9 Å². The fraction of sp³-hybridized carbons (Fsp3) is 0.464. The van der Waals surface area contributed by atoms with E-state index < -0.39 is 49.2 Å². The van der Waals surface area contributed by atoms with Gasteiger partial charge in [-0.15, -0.1) is 0 Å². The number of hydrogen-bond acceptors (Lipinski definition) is 10. The predicted octanol–water partition coefficient (Wildman–Crippen LogP) is 6.37. The van der Waals surface area contributed by atoms with E-state index in [1.54, 1.807) is 96.1 Å². The first-order valence-corrected chi connectivity index (χ1v) is 14.6. The maximum absolute atomic E-state index is 14.4. The Morgan fingerprint density at radius 3 is 1.93 bits per heavy atom. The fourth-order valence-corrected chi connectivity index (χ4v) is 6.10. The summed E-state index contributed by atoms with van der Waals surface area (Å²) in [5.41, 5.74) is -1.15.